The Bertz CT molecular complexity index is 575. The Morgan fingerprint density at radius 3 is 2.47 bits per heavy atom. The first-order valence-electron chi connectivity index (χ1n) is 6.15. The smallest absolute Gasteiger partial charge is 0.175 e. The minimum Gasteiger partial charge on any atom is -0.324 e. The van der Waals surface area contributed by atoms with Crippen molar-refractivity contribution in [2.45, 2.75) is 30.7 Å². The van der Waals surface area contributed by atoms with Gasteiger partial charge in [-0.25, -0.2) is 8.42 Å². The lowest BCUT2D eigenvalue weighted by Crippen LogP contribution is -2.08. The van der Waals surface area contributed by atoms with Gasteiger partial charge < -0.3 is 5.73 Å². The predicted octanol–water partition coefficient (Wildman–Crippen LogP) is 2.95. The number of benzene rings is 1. The van der Waals surface area contributed by atoms with Crippen molar-refractivity contribution in [3.8, 4) is 0 Å². The molecule has 3 nitrogen and oxygen atoms in total. The van der Waals surface area contributed by atoms with Crippen molar-refractivity contribution < 1.29 is 8.42 Å². The van der Waals surface area contributed by atoms with Crippen LogP contribution in [0.3, 0.4) is 0 Å². The van der Waals surface area contributed by atoms with Crippen LogP contribution in [0.5, 0.6) is 0 Å². The molecule has 0 unspecified atom stereocenters. The molecule has 19 heavy (non-hydrogen) atoms. The van der Waals surface area contributed by atoms with E-state index in [9.17, 15) is 8.42 Å². The van der Waals surface area contributed by atoms with Gasteiger partial charge in [0.2, 0.25) is 0 Å². The summed E-state index contributed by atoms with van der Waals surface area (Å²) in [7, 11) is -3.17. The van der Waals surface area contributed by atoms with Gasteiger partial charge in [0.15, 0.2) is 9.84 Å². The van der Waals surface area contributed by atoms with E-state index in [0.717, 1.165) is 11.1 Å². The molecular weight excluding hydrogens is 282 g/mol. The highest BCUT2D eigenvalue weighted by Crippen LogP contribution is 2.32. The molecule has 1 aromatic carbocycles. The maximum atomic E-state index is 11.6. The molecule has 1 fully saturated rings. The Labute approximate surface area is 121 Å². The number of hydrogen-bond donors (Lipinski definition) is 1. The summed E-state index contributed by atoms with van der Waals surface area (Å²) < 4.78 is 23.1. The zero-order valence-corrected chi connectivity index (χ0v) is 12.8. The minimum atomic E-state index is -3.17. The molecule has 0 amide bonds. The summed E-state index contributed by atoms with van der Waals surface area (Å²) in [5, 5.41) is 0. The van der Waals surface area contributed by atoms with Gasteiger partial charge in [-0.15, -0.1) is 12.4 Å². The fraction of sp³-hybridized carbons (Fsp3) is 0.429. The van der Waals surface area contributed by atoms with E-state index in [4.69, 9.17) is 5.73 Å². The van der Waals surface area contributed by atoms with Gasteiger partial charge in [-0.2, -0.15) is 0 Å². The van der Waals surface area contributed by atoms with Crippen molar-refractivity contribution in [1.82, 2.24) is 0 Å². The van der Waals surface area contributed by atoms with Crippen molar-refractivity contribution in [1.29, 1.82) is 0 Å². The van der Waals surface area contributed by atoms with E-state index in [1.165, 1.54) is 19.1 Å². The molecule has 0 aromatic heterocycles. The van der Waals surface area contributed by atoms with E-state index < -0.39 is 9.84 Å². The van der Waals surface area contributed by atoms with Crippen LogP contribution in [-0.4, -0.2) is 14.7 Å². The minimum absolute atomic E-state index is 0. The van der Waals surface area contributed by atoms with Gasteiger partial charge in [0.05, 0.1) is 4.90 Å². The highest BCUT2D eigenvalue weighted by molar-refractivity contribution is 7.90. The van der Waals surface area contributed by atoms with Crippen LogP contribution >= 0.6 is 12.4 Å². The Kier molecular flexibility index (Phi) is 5.18. The Balaban J connectivity index is 0.00000180. The van der Waals surface area contributed by atoms with Crippen molar-refractivity contribution in [3.63, 3.8) is 0 Å². The summed E-state index contributed by atoms with van der Waals surface area (Å²) in [6.07, 6.45) is 7.84. The average Bonchev–Trinajstić information content (AvgIpc) is 3.08. The molecule has 0 saturated heterocycles. The maximum Gasteiger partial charge on any atom is 0.175 e. The third-order valence-electron chi connectivity index (χ3n) is 3.15. The third-order valence-corrected chi connectivity index (χ3v) is 4.26. The number of nitrogens with two attached hydrogens (primary N) is 1. The standard InChI is InChI=1S/C14H19NO2S.ClH/c1-10(15)14-8-7-13(18(2,16)17)9-12(14)6-5-11-3-4-11;/h5-11H,3-4,15H2,1-2H3;1H/b6-5+;/t10-;/m1./s1. The Morgan fingerprint density at radius 2 is 2.00 bits per heavy atom. The van der Waals surface area contributed by atoms with E-state index in [1.807, 2.05) is 19.1 Å². The molecular formula is C14H20ClNO2S. The van der Waals surface area contributed by atoms with E-state index in [2.05, 4.69) is 6.08 Å². The molecule has 2 N–H and O–H groups in total. The average molecular weight is 302 g/mol. The van der Waals surface area contributed by atoms with Crippen molar-refractivity contribution >= 4 is 28.3 Å². The molecule has 106 valence electrons. The highest BCUT2D eigenvalue weighted by Gasteiger charge is 2.18. The second kappa shape index (κ2) is 6.07. The molecule has 1 saturated carbocycles. The highest BCUT2D eigenvalue weighted by atomic mass is 35.5. The van der Waals surface area contributed by atoms with Crippen molar-refractivity contribution in [3.05, 3.63) is 35.4 Å². The van der Waals surface area contributed by atoms with Gasteiger partial charge in [-0.1, -0.05) is 18.2 Å². The van der Waals surface area contributed by atoms with Crippen LogP contribution in [0.1, 0.15) is 36.9 Å². The van der Waals surface area contributed by atoms with Gasteiger partial charge in [0, 0.05) is 12.3 Å². The zero-order chi connectivity index (χ0) is 13.3. The summed E-state index contributed by atoms with van der Waals surface area (Å²) in [4.78, 5) is 0.349. The van der Waals surface area contributed by atoms with Crippen LogP contribution in [0.25, 0.3) is 6.08 Å². The lowest BCUT2D eigenvalue weighted by Gasteiger charge is -2.11. The van der Waals surface area contributed by atoms with Gasteiger partial charge >= 0.3 is 0 Å². The molecule has 0 bridgehead atoms. The van der Waals surface area contributed by atoms with E-state index >= 15 is 0 Å². The van der Waals surface area contributed by atoms with Gasteiger partial charge in [-0.3, -0.25) is 0 Å². The van der Waals surface area contributed by atoms with Crippen LogP contribution in [-0.2, 0) is 9.84 Å². The van der Waals surface area contributed by atoms with Crippen LogP contribution in [0, 0.1) is 5.92 Å². The fourth-order valence-corrected chi connectivity index (χ4v) is 2.53. The van der Waals surface area contributed by atoms with Gasteiger partial charge in [0.1, 0.15) is 0 Å². The molecule has 0 heterocycles. The van der Waals surface area contributed by atoms with Crippen LogP contribution in [0.2, 0.25) is 0 Å². The lowest BCUT2D eigenvalue weighted by molar-refractivity contribution is 0.601. The second-order valence-electron chi connectivity index (χ2n) is 5.05. The summed E-state index contributed by atoms with van der Waals surface area (Å²) in [5.41, 5.74) is 7.81. The number of rotatable bonds is 4. The summed E-state index contributed by atoms with van der Waals surface area (Å²) >= 11 is 0. The number of hydrogen-bond acceptors (Lipinski definition) is 3. The summed E-state index contributed by atoms with van der Waals surface area (Å²) in [6, 6.07) is 5.06. The topological polar surface area (TPSA) is 60.2 Å². The summed E-state index contributed by atoms with van der Waals surface area (Å²) in [5.74, 6) is 0.660. The molecule has 0 radical (unpaired) electrons. The normalized spacial score (nSPS) is 17.2. The first-order chi connectivity index (χ1) is 8.38. The quantitative estimate of drug-likeness (QED) is 0.930. The van der Waals surface area contributed by atoms with Crippen LogP contribution < -0.4 is 5.73 Å². The number of allylic oxidation sites excluding steroid dienone is 1. The van der Waals surface area contributed by atoms with Gasteiger partial charge in [0.25, 0.3) is 0 Å². The molecule has 2 rings (SSSR count). The lowest BCUT2D eigenvalue weighted by atomic mass is 10.0. The molecule has 1 aromatic rings. The van der Waals surface area contributed by atoms with E-state index in [-0.39, 0.29) is 18.4 Å². The molecule has 1 aliphatic carbocycles. The first kappa shape index (κ1) is 16.2. The van der Waals surface area contributed by atoms with E-state index in [1.54, 1.807) is 12.1 Å². The fourth-order valence-electron chi connectivity index (χ4n) is 1.87. The largest absolute Gasteiger partial charge is 0.324 e. The van der Waals surface area contributed by atoms with Crippen molar-refractivity contribution in [2.24, 2.45) is 11.7 Å². The first-order valence-corrected chi connectivity index (χ1v) is 8.05. The zero-order valence-electron chi connectivity index (χ0n) is 11.2. The van der Waals surface area contributed by atoms with Crippen LogP contribution in [0.15, 0.2) is 29.2 Å². The Hall–Kier alpha value is -0.840. The predicted molar refractivity (Wildman–Crippen MR) is 81.2 cm³/mol. The SMILES string of the molecule is C[C@@H](N)c1ccc(S(C)(=O)=O)cc1/C=C/C1CC1.Cl. The molecule has 0 spiro atoms. The number of halogens is 1. The Morgan fingerprint density at radius 1 is 1.37 bits per heavy atom. The third kappa shape index (κ3) is 4.34. The number of sulfone groups is 1. The summed E-state index contributed by atoms with van der Waals surface area (Å²) in [6.45, 7) is 1.91. The molecule has 1 aliphatic rings. The van der Waals surface area contributed by atoms with Crippen LogP contribution in [0.4, 0.5) is 0 Å². The van der Waals surface area contributed by atoms with E-state index in [0.29, 0.717) is 10.8 Å². The second-order valence-corrected chi connectivity index (χ2v) is 7.06. The molecule has 5 heteroatoms. The molecule has 0 aliphatic heterocycles. The maximum absolute atomic E-state index is 11.6. The van der Waals surface area contributed by atoms with Crippen molar-refractivity contribution in [2.75, 3.05) is 6.26 Å². The monoisotopic (exact) mass is 301 g/mol. The molecule has 1 atom stereocenters. The van der Waals surface area contributed by atoms with Gasteiger partial charge in [-0.05, 0) is 48.9 Å².